The van der Waals surface area contributed by atoms with Crippen LogP contribution in [0.25, 0.3) is 0 Å². The molecule has 3 heteroatoms. The van der Waals surface area contributed by atoms with Crippen molar-refractivity contribution in [3.05, 3.63) is 24.0 Å². The normalized spacial score (nSPS) is 12.1. The van der Waals surface area contributed by atoms with Crippen molar-refractivity contribution >= 4 is 5.97 Å². The number of unbranched alkanes of at least 4 members (excludes halogenated alkanes) is 15. The van der Waals surface area contributed by atoms with Gasteiger partial charge >= 0.3 is 5.97 Å². The average Bonchev–Trinajstić information content (AvgIpc) is 2.60. The van der Waals surface area contributed by atoms with Gasteiger partial charge in [0.2, 0.25) is 5.76 Å². The standard InChI is InChI=1S/C22H40O3/c1-2-3-4-5-6-7-8-9-10-11-12-13-14-15-16-17-18-19-20-21(23)22(24)25/h18-20,23H,2-17H2,1H3,(H,24,25). The van der Waals surface area contributed by atoms with Crippen molar-refractivity contribution in [3.8, 4) is 0 Å². The summed E-state index contributed by atoms with van der Waals surface area (Å²) in [7, 11) is 0. The summed E-state index contributed by atoms with van der Waals surface area (Å²) in [5, 5.41) is 17.4. The molecule has 0 aromatic heterocycles. The lowest BCUT2D eigenvalue weighted by Gasteiger charge is -2.03. The van der Waals surface area contributed by atoms with Crippen LogP contribution in [0.1, 0.15) is 110 Å². The number of aliphatic hydroxyl groups excluding tert-OH is 1. The molecule has 0 bridgehead atoms. The van der Waals surface area contributed by atoms with Crippen LogP contribution in [0.4, 0.5) is 0 Å². The van der Waals surface area contributed by atoms with Gasteiger partial charge < -0.3 is 10.2 Å². The molecule has 0 aliphatic heterocycles. The second kappa shape index (κ2) is 19.1. The highest BCUT2D eigenvalue weighted by molar-refractivity contribution is 5.83. The van der Waals surface area contributed by atoms with Crippen molar-refractivity contribution in [3.63, 3.8) is 0 Å². The maximum absolute atomic E-state index is 10.4. The Bertz CT molecular complexity index is 358. The molecule has 0 unspecified atom stereocenters. The average molecular weight is 353 g/mol. The topological polar surface area (TPSA) is 57.5 Å². The third kappa shape index (κ3) is 18.9. The van der Waals surface area contributed by atoms with Crippen LogP contribution < -0.4 is 0 Å². The maximum atomic E-state index is 10.4. The van der Waals surface area contributed by atoms with E-state index in [1.165, 1.54) is 96.0 Å². The molecule has 25 heavy (non-hydrogen) atoms. The van der Waals surface area contributed by atoms with Crippen molar-refractivity contribution in [2.75, 3.05) is 0 Å². The first-order valence-electron chi connectivity index (χ1n) is 10.5. The summed E-state index contributed by atoms with van der Waals surface area (Å²) >= 11 is 0. The number of carboxylic acid groups (broad SMARTS) is 1. The van der Waals surface area contributed by atoms with Gasteiger partial charge in [0.05, 0.1) is 0 Å². The van der Waals surface area contributed by atoms with Crippen LogP contribution in [0.2, 0.25) is 0 Å². The monoisotopic (exact) mass is 352 g/mol. The minimum Gasteiger partial charge on any atom is -0.502 e. The van der Waals surface area contributed by atoms with Crippen molar-refractivity contribution in [1.82, 2.24) is 0 Å². The molecule has 0 aliphatic rings. The van der Waals surface area contributed by atoms with E-state index in [1.807, 2.05) is 6.08 Å². The predicted molar refractivity (Wildman–Crippen MR) is 107 cm³/mol. The lowest BCUT2D eigenvalue weighted by Crippen LogP contribution is -1.97. The fourth-order valence-corrected chi connectivity index (χ4v) is 2.96. The first-order chi connectivity index (χ1) is 12.2. The Kier molecular flexibility index (Phi) is 18.1. The fourth-order valence-electron chi connectivity index (χ4n) is 2.96. The number of rotatable bonds is 18. The van der Waals surface area contributed by atoms with Gasteiger partial charge in [-0.05, 0) is 18.9 Å². The molecule has 0 fully saturated rings. The van der Waals surface area contributed by atoms with Gasteiger partial charge in [0.15, 0.2) is 0 Å². The van der Waals surface area contributed by atoms with Crippen molar-refractivity contribution in [2.45, 2.75) is 110 Å². The molecule has 2 N–H and O–H groups in total. The number of allylic oxidation sites excluding steroid dienone is 3. The van der Waals surface area contributed by atoms with Gasteiger partial charge in [-0.3, -0.25) is 0 Å². The third-order valence-electron chi connectivity index (χ3n) is 4.58. The van der Waals surface area contributed by atoms with Crippen LogP contribution >= 0.6 is 0 Å². The van der Waals surface area contributed by atoms with Crippen LogP contribution in [0, 0.1) is 0 Å². The van der Waals surface area contributed by atoms with E-state index in [1.54, 1.807) is 6.08 Å². The molecule has 3 nitrogen and oxygen atoms in total. The Labute approximate surface area is 155 Å². The van der Waals surface area contributed by atoms with Crippen molar-refractivity contribution < 1.29 is 15.0 Å². The van der Waals surface area contributed by atoms with E-state index in [0.29, 0.717) is 0 Å². The van der Waals surface area contributed by atoms with Gasteiger partial charge in [0, 0.05) is 0 Å². The van der Waals surface area contributed by atoms with Gasteiger partial charge in [-0.25, -0.2) is 4.79 Å². The van der Waals surface area contributed by atoms with Gasteiger partial charge in [-0.2, -0.15) is 0 Å². The molecule has 0 aromatic rings. The Morgan fingerprint density at radius 1 is 0.680 bits per heavy atom. The zero-order chi connectivity index (χ0) is 18.6. The molecule has 0 spiro atoms. The van der Waals surface area contributed by atoms with E-state index >= 15 is 0 Å². The van der Waals surface area contributed by atoms with Gasteiger partial charge in [0.25, 0.3) is 0 Å². The summed E-state index contributed by atoms with van der Waals surface area (Å²) in [6.45, 7) is 2.27. The highest BCUT2D eigenvalue weighted by atomic mass is 16.4. The highest BCUT2D eigenvalue weighted by Crippen LogP contribution is 2.13. The Hall–Kier alpha value is -1.25. The molecule has 0 radical (unpaired) electrons. The van der Waals surface area contributed by atoms with Gasteiger partial charge in [0.1, 0.15) is 0 Å². The van der Waals surface area contributed by atoms with E-state index in [-0.39, 0.29) is 0 Å². The third-order valence-corrected chi connectivity index (χ3v) is 4.58. The predicted octanol–water partition coefficient (Wildman–Crippen LogP) is 7.33. The van der Waals surface area contributed by atoms with Crippen LogP contribution in [0.5, 0.6) is 0 Å². The summed E-state index contributed by atoms with van der Waals surface area (Å²) < 4.78 is 0. The zero-order valence-electron chi connectivity index (χ0n) is 16.3. The summed E-state index contributed by atoms with van der Waals surface area (Å²) in [5.41, 5.74) is 0. The Balaban J connectivity index is 3.18. The highest BCUT2D eigenvalue weighted by Gasteiger charge is 1.99. The minimum atomic E-state index is -1.28. The van der Waals surface area contributed by atoms with Crippen LogP contribution in [0.15, 0.2) is 24.0 Å². The van der Waals surface area contributed by atoms with E-state index in [4.69, 9.17) is 10.2 Å². The van der Waals surface area contributed by atoms with E-state index in [0.717, 1.165) is 12.8 Å². The number of hydrogen-bond donors (Lipinski definition) is 2. The van der Waals surface area contributed by atoms with E-state index in [2.05, 4.69) is 6.92 Å². The molecule has 0 amide bonds. The van der Waals surface area contributed by atoms with Crippen molar-refractivity contribution in [2.24, 2.45) is 0 Å². The SMILES string of the molecule is CCCCCCCCCCCCCCCCCC=CC=C(O)C(=O)O. The number of aliphatic carboxylic acids is 1. The molecular formula is C22H40O3. The summed E-state index contributed by atoms with van der Waals surface area (Å²) in [5.74, 6) is -1.88. The Morgan fingerprint density at radius 2 is 1.08 bits per heavy atom. The lowest BCUT2D eigenvalue weighted by atomic mass is 10.0. The maximum Gasteiger partial charge on any atom is 0.370 e. The molecule has 0 rings (SSSR count). The second-order valence-electron chi connectivity index (χ2n) is 7.02. The molecular weight excluding hydrogens is 312 g/mol. The van der Waals surface area contributed by atoms with E-state index in [9.17, 15) is 4.79 Å². The number of hydrogen-bond acceptors (Lipinski definition) is 2. The molecule has 0 atom stereocenters. The molecule has 0 aliphatic carbocycles. The molecule has 0 aromatic carbocycles. The smallest absolute Gasteiger partial charge is 0.370 e. The van der Waals surface area contributed by atoms with Gasteiger partial charge in [-0.1, -0.05) is 109 Å². The largest absolute Gasteiger partial charge is 0.502 e. The fraction of sp³-hybridized carbons (Fsp3) is 0.773. The summed E-state index contributed by atoms with van der Waals surface area (Å²) in [6.07, 6.45) is 26.1. The van der Waals surface area contributed by atoms with Crippen LogP contribution in [-0.4, -0.2) is 16.2 Å². The minimum absolute atomic E-state index is 0.604. The quantitative estimate of drug-likeness (QED) is 0.117. The summed E-state index contributed by atoms with van der Waals surface area (Å²) in [4.78, 5) is 10.4. The molecule has 0 saturated heterocycles. The Morgan fingerprint density at radius 3 is 1.48 bits per heavy atom. The first kappa shape index (κ1) is 23.8. The summed E-state index contributed by atoms with van der Waals surface area (Å²) in [6, 6.07) is 0. The van der Waals surface area contributed by atoms with Crippen LogP contribution in [0.3, 0.4) is 0 Å². The van der Waals surface area contributed by atoms with Gasteiger partial charge in [-0.15, -0.1) is 0 Å². The molecule has 146 valence electrons. The zero-order valence-corrected chi connectivity index (χ0v) is 16.3. The van der Waals surface area contributed by atoms with Crippen molar-refractivity contribution in [1.29, 1.82) is 0 Å². The first-order valence-corrected chi connectivity index (χ1v) is 10.5. The number of carboxylic acids is 1. The number of aliphatic hydroxyl groups is 1. The number of carbonyl (C=O) groups is 1. The van der Waals surface area contributed by atoms with E-state index < -0.39 is 11.7 Å². The second-order valence-corrected chi connectivity index (χ2v) is 7.02. The molecule has 0 saturated carbocycles. The lowest BCUT2D eigenvalue weighted by molar-refractivity contribution is -0.135. The van der Waals surface area contributed by atoms with Crippen LogP contribution in [-0.2, 0) is 4.79 Å². The molecule has 0 heterocycles.